The van der Waals surface area contributed by atoms with Gasteiger partial charge in [-0.3, -0.25) is 0 Å². The molecule has 0 spiro atoms. The topological polar surface area (TPSA) is 0 Å². The molecule has 8 rings (SSSR count). The summed E-state index contributed by atoms with van der Waals surface area (Å²) < 4.78 is 0. The molecule has 2 aliphatic carbocycles. The minimum atomic E-state index is 0.276. The van der Waals surface area contributed by atoms with Gasteiger partial charge in [-0.2, -0.15) is 0 Å². The molecule has 5 aromatic carbocycles. The van der Waals surface area contributed by atoms with Crippen LogP contribution >= 0.6 is 0 Å². The second kappa shape index (κ2) is 6.42. The minimum absolute atomic E-state index is 0.276. The molecular formula is C33H27B. The fourth-order valence-electron chi connectivity index (χ4n) is 7.80. The number of fused-ring (bicyclic) bond motifs is 3. The molecule has 0 atom stereocenters. The Morgan fingerprint density at radius 2 is 1.24 bits per heavy atom. The monoisotopic (exact) mass is 434 g/mol. The van der Waals surface area contributed by atoms with Gasteiger partial charge < -0.3 is 0 Å². The van der Waals surface area contributed by atoms with Crippen LogP contribution < -0.4 is 16.4 Å². The van der Waals surface area contributed by atoms with Gasteiger partial charge in [-0.05, 0) is 101 Å². The van der Waals surface area contributed by atoms with Gasteiger partial charge in [0, 0.05) is 0 Å². The van der Waals surface area contributed by atoms with Crippen molar-refractivity contribution in [1.29, 1.82) is 0 Å². The summed E-state index contributed by atoms with van der Waals surface area (Å²) >= 11 is 0. The lowest BCUT2D eigenvalue weighted by Crippen LogP contribution is -2.56. The lowest BCUT2D eigenvalue weighted by atomic mass is 9.32. The van der Waals surface area contributed by atoms with E-state index >= 15 is 0 Å². The van der Waals surface area contributed by atoms with Gasteiger partial charge in [0.25, 0.3) is 0 Å². The number of benzene rings is 5. The van der Waals surface area contributed by atoms with Crippen molar-refractivity contribution in [2.75, 3.05) is 0 Å². The first-order valence-electron chi connectivity index (χ1n) is 12.8. The Kier molecular flexibility index (Phi) is 3.59. The molecule has 0 radical (unpaired) electrons. The van der Waals surface area contributed by atoms with E-state index in [2.05, 4.69) is 81.4 Å². The van der Waals surface area contributed by atoms with Crippen molar-refractivity contribution in [2.24, 2.45) is 0 Å². The fraction of sp³-hybridized carbons (Fsp3) is 0.212. The SMILES string of the molecule is Cc1cc(C)c(B2c3c(cc4c5c(cccc35)CC4)-c3ccc4c5c(ccc2c35)CC4)c(C)c1. The van der Waals surface area contributed by atoms with Gasteiger partial charge in [0.15, 0.2) is 0 Å². The largest absolute Gasteiger partial charge is 0.244 e. The van der Waals surface area contributed by atoms with E-state index in [0.29, 0.717) is 0 Å². The maximum absolute atomic E-state index is 2.57. The lowest BCUT2D eigenvalue weighted by Gasteiger charge is -2.31. The first-order valence-corrected chi connectivity index (χ1v) is 12.8. The van der Waals surface area contributed by atoms with Crippen molar-refractivity contribution in [3.8, 4) is 11.1 Å². The molecule has 0 amide bonds. The van der Waals surface area contributed by atoms with E-state index in [1.54, 1.807) is 22.1 Å². The minimum Gasteiger partial charge on any atom is -0.0660 e. The van der Waals surface area contributed by atoms with Crippen LogP contribution in [0.3, 0.4) is 0 Å². The smallest absolute Gasteiger partial charge is 0.0660 e. The highest BCUT2D eigenvalue weighted by atomic mass is 14.3. The summed E-state index contributed by atoms with van der Waals surface area (Å²) in [6, 6.07) is 24.2. The maximum Gasteiger partial charge on any atom is 0.244 e. The molecule has 0 fully saturated rings. The maximum atomic E-state index is 2.57. The highest BCUT2D eigenvalue weighted by Gasteiger charge is 2.37. The van der Waals surface area contributed by atoms with E-state index in [4.69, 9.17) is 0 Å². The zero-order chi connectivity index (χ0) is 22.7. The average Bonchev–Trinajstić information content (AvgIpc) is 3.44. The molecule has 0 saturated heterocycles. The highest BCUT2D eigenvalue weighted by Crippen LogP contribution is 2.41. The number of rotatable bonds is 1. The molecule has 162 valence electrons. The van der Waals surface area contributed by atoms with Crippen molar-refractivity contribution >= 4 is 44.6 Å². The molecule has 0 saturated carbocycles. The lowest BCUT2D eigenvalue weighted by molar-refractivity contribution is 1.02. The number of hydrogen-bond acceptors (Lipinski definition) is 0. The summed E-state index contributed by atoms with van der Waals surface area (Å²) in [5.74, 6) is 0. The van der Waals surface area contributed by atoms with E-state index in [1.165, 1.54) is 91.6 Å². The Labute approximate surface area is 201 Å². The van der Waals surface area contributed by atoms with Crippen molar-refractivity contribution in [3.63, 3.8) is 0 Å². The quantitative estimate of drug-likeness (QED) is 0.295. The molecule has 5 aromatic rings. The normalized spacial score (nSPS) is 15.0. The van der Waals surface area contributed by atoms with Crippen LogP contribution in [0.25, 0.3) is 32.7 Å². The van der Waals surface area contributed by atoms with E-state index in [0.717, 1.165) is 0 Å². The van der Waals surface area contributed by atoms with Gasteiger partial charge in [0.1, 0.15) is 0 Å². The molecule has 0 unspecified atom stereocenters. The first-order chi connectivity index (χ1) is 16.6. The van der Waals surface area contributed by atoms with Gasteiger partial charge in [0.2, 0.25) is 6.71 Å². The van der Waals surface area contributed by atoms with Crippen LogP contribution in [0, 0.1) is 20.8 Å². The molecule has 0 N–H and O–H groups in total. The van der Waals surface area contributed by atoms with Crippen LogP contribution in [0.5, 0.6) is 0 Å². The Morgan fingerprint density at radius 1 is 0.559 bits per heavy atom. The third-order valence-corrected chi connectivity index (χ3v) is 8.98. The summed E-state index contributed by atoms with van der Waals surface area (Å²) in [5.41, 5.74) is 17.9. The zero-order valence-corrected chi connectivity index (χ0v) is 20.2. The summed E-state index contributed by atoms with van der Waals surface area (Å²) in [4.78, 5) is 0. The molecule has 0 aromatic heterocycles. The van der Waals surface area contributed by atoms with E-state index in [-0.39, 0.29) is 6.71 Å². The van der Waals surface area contributed by atoms with Crippen molar-refractivity contribution in [2.45, 2.75) is 46.5 Å². The second-order valence-corrected chi connectivity index (χ2v) is 10.9. The van der Waals surface area contributed by atoms with Crippen LogP contribution in [-0.4, -0.2) is 6.71 Å². The summed E-state index contributed by atoms with van der Waals surface area (Å²) in [6.07, 6.45) is 4.71. The Balaban J connectivity index is 1.61. The molecule has 0 bridgehead atoms. The van der Waals surface area contributed by atoms with Crippen molar-refractivity contribution in [3.05, 3.63) is 99.6 Å². The molecular weight excluding hydrogens is 407 g/mol. The average molecular weight is 434 g/mol. The molecule has 3 aliphatic rings. The predicted molar refractivity (Wildman–Crippen MR) is 147 cm³/mol. The van der Waals surface area contributed by atoms with Crippen molar-refractivity contribution < 1.29 is 0 Å². The van der Waals surface area contributed by atoms with Gasteiger partial charge in [-0.15, -0.1) is 0 Å². The Bertz CT molecular complexity index is 1700. The van der Waals surface area contributed by atoms with Crippen molar-refractivity contribution in [1.82, 2.24) is 0 Å². The van der Waals surface area contributed by atoms with Crippen LogP contribution in [0.1, 0.15) is 38.9 Å². The summed E-state index contributed by atoms with van der Waals surface area (Å²) in [7, 11) is 0. The fourth-order valence-corrected chi connectivity index (χ4v) is 7.80. The van der Waals surface area contributed by atoms with Crippen LogP contribution in [-0.2, 0) is 25.7 Å². The third-order valence-electron chi connectivity index (χ3n) is 8.98. The van der Waals surface area contributed by atoms with E-state index in [1.807, 2.05) is 0 Å². The second-order valence-electron chi connectivity index (χ2n) is 10.9. The molecule has 1 aliphatic heterocycles. The Morgan fingerprint density at radius 3 is 2.00 bits per heavy atom. The van der Waals surface area contributed by atoms with E-state index in [9.17, 15) is 0 Å². The van der Waals surface area contributed by atoms with Crippen LogP contribution in [0.2, 0.25) is 0 Å². The van der Waals surface area contributed by atoms with E-state index < -0.39 is 0 Å². The number of aryl methyl sites for hydroxylation is 7. The third kappa shape index (κ3) is 2.26. The van der Waals surface area contributed by atoms with Gasteiger partial charge in [-0.1, -0.05) is 93.7 Å². The molecule has 0 nitrogen and oxygen atoms in total. The Hall–Kier alpha value is -3.32. The highest BCUT2D eigenvalue weighted by molar-refractivity contribution is 7.00. The number of hydrogen-bond donors (Lipinski definition) is 0. The molecule has 34 heavy (non-hydrogen) atoms. The predicted octanol–water partition coefficient (Wildman–Crippen LogP) is 5.61. The van der Waals surface area contributed by atoms with Gasteiger partial charge >= 0.3 is 0 Å². The van der Waals surface area contributed by atoms with Gasteiger partial charge in [0.05, 0.1) is 0 Å². The van der Waals surface area contributed by atoms with Crippen LogP contribution in [0.15, 0.2) is 60.7 Å². The molecule has 1 heteroatoms. The first kappa shape index (κ1) is 19.0. The standard InChI is InChI=1S/C33H27B/c1-18-15-19(2)32(20(3)16-18)34-28-14-12-23-8-7-22-11-13-25(31(28)30(22)23)27-17-24-10-9-21-5-4-6-26(29(21)24)33(27)34/h4-6,11-17H,7-10H2,1-3H3. The molecule has 1 heterocycles. The zero-order valence-electron chi connectivity index (χ0n) is 20.2. The van der Waals surface area contributed by atoms with Gasteiger partial charge in [-0.25, -0.2) is 0 Å². The summed E-state index contributed by atoms with van der Waals surface area (Å²) in [6.45, 7) is 7.15. The van der Waals surface area contributed by atoms with Crippen LogP contribution in [0.4, 0.5) is 0 Å². The summed E-state index contributed by atoms with van der Waals surface area (Å²) in [5, 5.41) is 6.10.